The van der Waals surface area contributed by atoms with Gasteiger partial charge in [-0.2, -0.15) is 5.10 Å². The Morgan fingerprint density at radius 1 is 1.05 bits per heavy atom. The van der Waals surface area contributed by atoms with E-state index in [9.17, 15) is 0 Å². The molecular weight excluding hydrogens is 256 g/mol. The number of nitrogens with two attached hydrogens (primary N) is 1. The maximum Gasteiger partial charge on any atom is 0.156 e. The van der Waals surface area contributed by atoms with Gasteiger partial charge in [-0.05, 0) is 25.8 Å². The van der Waals surface area contributed by atoms with E-state index in [-0.39, 0.29) is 0 Å². The van der Waals surface area contributed by atoms with Crippen LogP contribution in [0.3, 0.4) is 0 Å². The summed E-state index contributed by atoms with van der Waals surface area (Å²) in [6.07, 6.45) is 0.929. The molecule has 0 bridgehead atoms. The van der Waals surface area contributed by atoms with E-state index in [4.69, 9.17) is 15.2 Å². The predicted molar refractivity (Wildman–Crippen MR) is 80.0 cm³/mol. The first kappa shape index (κ1) is 16.8. The van der Waals surface area contributed by atoms with Crippen LogP contribution in [0.1, 0.15) is 23.2 Å². The maximum atomic E-state index is 5.89. The Morgan fingerprint density at radius 2 is 1.75 bits per heavy atom. The number of nitrogens with zero attached hydrogens (tertiary/aromatic N) is 3. The molecule has 0 saturated heterocycles. The minimum atomic E-state index is 0.464. The van der Waals surface area contributed by atoms with Crippen LogP contribution in [-0.4, -0.2) is 50.7 Å². The largest absolute Gasteiger partial charge is 0.385 e. The SMILES string of the molecule is COCCCN(CCOC)c1nnc(C)c(C)c1CN. The molecule has 6 heteroatoms. The van der Waals surface area contributed by atoms with Crippen molar-refractivity contribution < 1.29 is 9.47 Å². The molecule has 114 valence electrons. The van der Waals surface area contributed by atoms with Crippen molar-refractivity contribution >= 4 is 5.82 Å². The van der Waals surface area contributed by atoms with Gasteiger partial charge in [0.25, 0.3) is 0 Å². The highest BCUT2D eigenvalue weighted by Crippen LogP contribution is 2.21. The van der Waals surface area contributed by atoms with Gasteiger partial charge >= 0.3 is 0 Å². The van der Waals surface area contributed by atoms with Crippen LogP contribution in [-0.2, 0) is 16.0 Å². The fourth-order valence-electron chi connectivity index (χ4n) is 2.07. The van der Waals surface area contributed by atoms with Crippen LogP contribution in [0.2, 0.25) is 0 Å². The highest BCUT2D eigenvalue weighted by atomic mass is 16.5. The van der Waals surface area contributed by atoms with Crippen LogP contribution in [0.25, 0.3) is 0 Å². The average molecular weight is 282 g/mol. The normalized spacial score (nSPS) is 10.8. The molecule has 0 saturated carbocycles. The van der Waals surface area contributed by atoms with Crippen molar-refractivity contribution in [3.05, 3.63) is 16.8 Å². The van der Waals surface area contributed by atoms with Crippen molar-refractivity contribution in [3.8, 4) is 0 Å². The number of hydrogen-bond donors (Lipinski definition) is 1. The lowest BCUT2D eigenvalue weighted by Crippen LogP contribution is -2.32. The molecule has 1 aromatic rings. The molecule has 20 heavy (non-hydrogen) atoms. The van der Waals surface area contributed by atoms with E-state index in [1.165, 1.54) is 0 Å². The van der Waals surface area contributed by atoms with Gasteiger partial charge in [-0.3, -0.25) is 0 Å². The van der Waals surface area contributed by atoms with Gasteiger partial charge in [0.1, 0.15) is 0 Å². The second kappa shape index (κ2) is 8.84. The summed E-state index contributed by atoms with van der Waals surface area (Å²) < 4.78 is 10.3. The van der Waals surface area contributed by atoms with Crippen LogP contribution >= 0.6 is 0 Å². The number of anilines is 1. The van der Waals surface area contributed by atoms with Crippen LogP contribution in [0.15, 0.2) is 0 Å². The van der Waals surface area contributed by atoms with E-state index in [2.05, 4.69) is 15.1 Å². The number of methoxy groups -OCH3 is 2. The van der Waals surface area contributed by atoms with E-state index in [0.717, 1.165) is 48.8 Å². The fraction of sp³-hybridized carbons (Fsp3) is 0.714. The van der Waals surface area contributed by atoms with Gasteiger partial charge in [0.05, 0.1) is 12.3 Å². The third-order valence-electron chi connectivity index (χ3n) is 3.41. The third-order valence-corrected chi connectivity index (χ3v) is 3.41. The molecule has 0 fully saturated rings. The molecule has 1 heterocycles. The van der Waals surface area contributed by atoms with Crippen LogP contribution in [0.4, 0.5) is 5.82 Å². The van der Waals surface area contributed by atoms with Crippen molar-refractivity contribution in [2.24, 2.45) is 5.73 Å². The molecule has 2 N–H and O–H groups in total. The Morgan fingerprint density at radius 3 is 2.35 bits per heavy atom. The number of rotatable bonds is 9. The second-order valence-corrected chi connectivity index (χ2v) is 4.74. The van der Waals surface area contributed by atoms with Crippen LogP contribution in [0, 0.1) is 13.8 Å². The zero-order valence-corrected chi connectivity index (χ0v) is 13.0. The molecule has 6 nitrogen and oxygen atoms in total. The minimum absolute atomic E-state index is 0.464. The Hall–Kier alpha value is -1.24. The lowest BCUT2D eigenvalue weighted by Gasteiger charge is -2.26. The third kappa shape index (κ3) is 4.40. The molecule has 0 amide bonds. The number of ether oxygens (including phenoxy) is 2. The van der Waals surface area contributed by atoms with Crippen molar-refractivity contribution in [3.63, 3.8) is 0 Å². The molecule has 0 spiro atoms. The van der Waals surface area contributed by atoms with Crippen molar-refractivity contribution in [1.82, 2.24) is 10.2 Å². The first-order valence-electron chi connectivity index (χ1n) is 6.91. The summed E-state index contributed by atoms with van der Waals surface area (Å²) >= 11 is 0. The van der Waals surface area contributed by atoms with Crippen molar-refractivity contribution in [2.45, 2.75) is 26.8 Å². The quantitative estimate of drug-likeness (QED) is 0.682. The summed E-state index contributed by atoms with van der Waals surface area (Å²) in [6.45, 7) is 7.44. The molecule has 0 aliphatic rings. The average Bonchev–Trinajstić information content (AvgIpc) is 2.45. The van der Waals surface area contributed by atoms with Crippen molar-refractivity contribution in [2.75, 3.05) is 45.4 Å². The number of hydrogen-bond acceptors (Lipinski definition) is 6. The lowest BCUT2D eigenvalue weighted by molar-refractivity contribution is 0.190. The summed E-state index contributed by atoms with van der Waals surface area (Å²) in [6, 6.07) is 0. The van der Waals surface area contributed by atoms with Gasteiger partial charge in [-0.1, -0.05) is 0 Å². The zero-order chi connectivity index (χ0) is 15.0. The second-order valence-electron chi connectivity index (χ2n) is 4.74. The zero-order valence-electron chi connectivity index (χ0n) is 13.0. The van der Waals surface area contributed by atoms with Gasteiger partial charge in [0.2, 0.25) is 0 Å². The molecular formula is C14H26N4O2. The van der Waals surface area contributed by atoms with Gasteiger partial charge in [-0.15, -0.1) is 5.10 Å². The van der Waals surface area contributed by atoms with Gasteiger partial charge in [0, 0.05) is 46.0 Å². The minimum Gasteiger partial charge on any atom is -0.385 e. The van der Waals surface area contributed by atoms with E-state index in [1.807, 2.05) is 13.8 Å². The first-order valence-corrected chi connectivity index (χ1v) is 6.91. The Bertz CT molecular complexity index is 412. The molecule has 0 aliphatic carbocycles. The van der Waals surface area contributed by atoms with Crippen LogP contribution in [0.5, 0.6) is 0 Å². The van der Waals surface area contributed by atoms with Gasteiger partial charge in [-0.25, -0.2) is 0 Å². The predicted octanol–water partition coefficient (Wildman–Crippen LogP) is 1.04. The first-order chi connectivity index (χ1) is 9.65. The van der Waals surface area contributed by atoms with E-state index < -0.39 is 0 Å². The summed E-state index contributed by atoms with van der Waals surface area (Å²) in [4.78, 5) is 2.17. The van der Waals surface area contributed by atoms with E-state index >= 15 is 0 Å². The summed E-state index contributed by atoms with van der Waals surface area (Å²) in [7, 11) is 3.41. The van der Waals surface area contributed by atoms with Crippen LogP contribution < -0.4 is 10.6 Å². The topological polar surface area (TPSA) is 73.5 Å². The lowest BCUT2D eigenvalue weighted by atomic mass is 10.1. The molecule has 1 rings (SSSR count). The fourth-order valence-corrected chi connectivity index (χ4v) is 2.07. The molecule has 0 aromatic carbocycles. The molecule has 0 aliphatic heterocycles. The molecule has 0 radical (unpaired) electrons. The highest BCUT2D eigenvalue weighted by Gasteiger charge is 2.16. The van der Waals surface area contributed by atoms with E-state index in [1.54, 1.807) is 14.2 Å². The Kier molecular flexibility index (Phi) is 7.43. The highest BCUT2D eigenvalue weighted by molar-refractivity contribution is 5.50. The summed E-state index contributed by atoms with van der Waals surface area (Å²) in [5.74, 6) is 0.865. The smallest absolute Gasteiger partial charge is 0.156 e. The molecule has 0 atom stereocenters. The summed E-state index contributed by atoms with van der Waals surface area (Å²) in [5, 5.41) is 8.57. The Labute approximate surface area is 121 Å². The van der Waals surface area contributed by atoms with Crippen molar-refractivity contribution in [1.29, 1.82) is 0 Å². The maximum absolute atomic E-state index is 5.89. The van der Waals surface area contributed by atoms with E-state index in [0.29, 0.717) is 13.2 Å². The summed E-state index contributed by atoms with van der Waals surface area (Å²) in [5.41, 5.74) is 9.00. The Balaban J connectivity index is 2.96. The number of aromatic nitrogens is 2. The van der Waals surface area contributed by atoms with Gasteiger partial charge < -0.3 is 20.1 Å². The monoisotopic (exact) mass is 282 g/mol. The standard InChI is InChI=1S/C14H26N4O2/c1-11-12(2)16-17-14(13(11)10-15)18(7-9-20-4)6-5-8-19-3/h5-10,15H2,1-4H3. The number of aryl methyl sites for hydroxylation is 1. The molecule has 0 unspecified atom stereocenters. The molecule has 1 aromatic heterocycles. The van der Waals surface area contributed by atoms with Gasteiger partial charge in [0.15, 0.2) is 5.82 Å².